The lowest BCUT2D eigenvalue weighted by molar-refractivity contribution is -0.106. The zero-order valence-electron chi connectivity index (χ0n) is 16.7. The second kappa shape index (κ2) is 9.78. The summed E-state index contributed by atoms with van der Waals surface area (Å²) in [6.45, 7) is 3.94. The van der Waals surface area contributed by atoms with E-state index in [4.69, 9.17) is 9.53 Å². The van der Waals surface area contributed by atoms with Gasteiger partial charge in [0.25, 0.3) is 0 Å². The van der Waals surface area contributed by atoms with E-state index in [-0.39, 0.29) is 12.5 Å². The lowest BCUT2D eigenvalue weighted by Crippen LogP contribution is -2.39. The number of fused-ring (bicyclic) bond motifs is 1. The van der Waals surface area contributed by atoms with Crippen molar-refractivity contribution in [2.75, 3.05) is 13.1 Å². The lowest BCUT2D eigenvalue weighted by Gasteiger charge is -2.32. The van der Waals surface area contributed by atoms with E-state index in [0.29, 0.717) is 12.6 Å². The van der Waals surface area contributed by atoms with Crippen molar-refractivity contribution in [2.24, 2.45) is 5.73 Å². The van der Waals surface area contributed by atoms with E-state index in [0.717, 1.165) is 31.5 Å². The molecule has 152 valence electrons. The predicted octanol–water partition coefficient (Wildman–Crippen LogP) is 4.02. The van der Waals surface area contributed by atoms with Crippen LogP contribution < -0.4 is 5.73 Å². The molecular formula is C23H27N3O3. The summed E-state index contributed by atoms with van der Waals surface area (Å²) >= 11 is 0. The van der Waals surface area contributed by atoms with Gasteiger partial charge in [-0.3, -0.25) is 4.79 Å². The molecule has 0 radical (unpaired) electrons. The number of hydrogen-bond donors (Lipinski definition) is 1. The van der Waals surface area contributed by atoms with Crippen molar-refractivity contribution in [1.82, 2.24) is 9.47 Å². The Morgan fingerprint density at radius 3 is 2.52 bits per heavy atom. The topological polar surface area (TPSA) is 77.6 Å². The van der Waals surface area contributed by atoms with Gasteiger partial charge in [-0.2, -0.15) is 0 Å². The maximum atomic E-state index is 12.3. The molecule has 2 aromatic carbocycles. The van der Waals surface area contributed by atoms with Crippen LogP contribution in [0.4, 0.5) is 4.79 Å². The van der Waals surface area contributed by atoms with Crippen molar-refractivity contribution in [1.29, 1.82) is 0 Å². The summed E-state index contributed by atoms with van der Waals surface area (Å²) in [4.78, 5) is 22.7. The van der Waals surface area contributed by atoms with Crippen molar-refractivity contribution < 1.29 is 14.3 Å². The standard InChI is InChI=1S/C22H24N2O2.CH3NO/c1-17-7-8-19-9-14-24(21(19)15-17)20-10-12-23(13-11-20)22(25)26-16-18-5-3-2-4-6-18;2-1-3/h2-9,14-15,20H,10-13,16H2,1H3;1H,(H2,2,3). The number of primary amides is 1. The van der Waals surface area contributed by atoms with Crippen LogP contribution in [0.1, 0.15) is 30.0 Å². The van der Waals surface area contributed by atoms with Crippen LogP contribution in [0.3, 0.4) is 0 Å². The Morgan fingerprint density at radius 1 is 1.14 bits per heavy atom. The van der Waals surface area contributed by atoms with Gasteiger partial charge in [-0.05, 0) is 48.4 Å². The molecule has 3 aromatic rings. The molecule has 1 fully saturated rings. The minimum Gasteiger partial charge on any atom is -0.445 e. The fraction of sp³-hybridized carbons (Fsp3) is 0.304. The molecule has 6 nitrogen and oxygen atoms in total. The number of aryl methyl sites for hydroxylation is 1. The van der Waals surface area contributed by atoms with Gasteiger partial charge in [0.2, 0.25) is 6.41 Å². The molecule has 6 heteroatoms. The quantitative estimate of drug-likeness (QED) is 0.683. The van der Waals surface area contributed by atoms with Gasteiger partial charge in [0.1, 0.15) is 6.61 Å². The van der Waals surface area contributed by atoms with Crippen molar-refractivity contribution in [2.45, 2.75) is 32.4 Å². The molecule has 1 aliphatic rings. The number of nitrogens with two attached hydrogens (primary N) is 1. The third kappa shape index (κ3) is 5.16. The van der Waals surface area contributed by atoms with Gasteiger partial charge in [0, 0.05) is 30.8 Å². The van der Waals surface area contributed by atoms with Gasteiger partial charge in [-0.15, -0.1) is 0 Å². The predicted molar refractivity (Wildman–Crippen MR) is 113 cm³/mol. The van der Waals surface area contributed by atoms with Crippen LogP contribution in [0.5, 0.6) is 0 Å². The molecule has 4 rings (SSSR count). The molecule has 0 bridgehead atoms. The molecule has 1 aromatic heterocycles. The maximum Gasteiger partial charge on any atom is 0.410 e. The number of likely N-dealkylation sites (tertiary alicyclic amines) is 1. The first-order valence-electron chi connectivity index (χ1n) is 9.80. The summed E-state index contributed by atoms with van der Waals surface area (Å²) in [5.74, 6) is 0. The Hall–Kier alpha value is -3.28. The van der Waals surface area contributed by atoms with Crippen molar-refractivity contribution in [3.05, 3.63) is 71.9 Å². The van der Waals surface area contributed by atoms with E-state index in [1.807, 2.05) is 35.2 Å². The van der Waals surface area contributed by atoms with E-state index < -0.39 is 0 Å². The lowest BCUT2D eigenvalue weighted by atomic mass is 10.0. The largest absolute Gasteiger partial charge is 0.445 e. The Labute approximate surface area is 170 Å². The minimum atomic E-state index is -0.208. The number of carbonyl (C=O) groups excluding carboxylic acids is 2. The first-order chi connectivity index (χ1) is 14.1. The number of benzene rings is 2. The van der Waals surface area contributed by atoms with E-state index in [1.54, 1.807) is 0 Å². The third-order valence-corrected chi connectivity index (χ3v) is 5.20. The highest BCUT2D eigenvalue weighted by Crippen LogP contribution is 2.28. The molecule has 0 saturated carbocycles. The molecule has 2 N–H and O–H groups in total. The number of rotatable bonds is 3. The normalized spacial score (nSPS) is 14.2. The van der Waals surface area contributed by atoms with Gasteiger partial charge >= 0.3 is 6.09 Å². The van der Waals surface area contributed by atoms with Crippen LogP contribution in [0, 0.1) is 6.92 Å². The Balaban J connectivity index is 0.000000755. The first-order valence-corrected chi connectivity index (χ1v) is 9.80. The number of carbonyl (C=O) groups is 2. The molecule has 1 aliphatic heterocycles. The second-order valence-corrected chi connectivity index (χ2v) is 7.18. The Bertz CT molecular complexity index is 944. The molecule has 0 spiro atoms. The van der Waals surface area contributed by atoms with Crippen LogP contribution >= 0.6 is 0 Å². The average Bonchev–Trinajstić information content (AvgIpc) is 3.16. The summed E-state index contributed by atoms with van der Waals surface area (Å²) in [7, 11) is 0. The number of nitrogens with zero attached hydrogens (tertiary/aromatic N) is 2. The third-order valence-electron chi connectivity index (χ3n) is 5.20. The molecule has 2 heterocycles. The van der Waals surface area contributed by atoms with Crippen LogP contribution in [0.2, 0.25) is 0 Å². The highest BCUT2D eigenvalue weighted by atomic mass is 16.6. The van der Waals surface area contributed by atoms with Crippen LogP contribution in [-0.4, -0.2) is 35.1 Å². The van der Waals surface area contributed by atoms with Crippen LogP contribution in [0.15, 0.2) is 60.8 Å². The molecule has 0 unspecified atom stereocenters. The highest BCUT2D eigenvalue weighted by molar-refractivity contribution is 5.81. The van der Waals surface area contributed by atoms with Gasteiger partial charge < -0.3 is 19.9 Å². The van der Waals surface area contributed by atoms with Gasteiger partial charge in [-0.1, -0.05) is 42.5 Å². The zero-order valence-corrected chi connectivity index (χ0v) is 16.7. The Kier molecular flexibility index (Phi) is 6.89. The van der Waals surface area contributed by atoms with Gasteiger partial charge in [-0.25, -0.2) is 4.79 Å². The molecule has 0 atom stereocenters. The van der Waals surface area contributed by atoms with E-state index in [9.17, 15) is 4.79 Å². The average molecular weight is 393 g/mol. The summed E-state index contributed by atoms with van der Waals surface area (Å²) in [5.41, 5.74) is 7.75. The highest BCUT2D eigenvalue weighted by Gasteiger charge is 2.25. The summed E-state index contributed by atoms with van der Waals surface area (Å²) in [6, 6.07) is 19.0. The van der Waals surface area contributed by atoms with Crippen molar-refractivity contribution in [3.8, 4) is 0 Å². The number of piperidine rings is 1. The van der Waals surface area contributed by atoms with Crippen molar-refractivity contribution in [3.63, 3.8) is 0 Å². The minimum absolute atomic E-state index is 0.208. The summed E-state index contributed by atoms with van der Waals surface area (Å²) < 4.78 is 7.83. The fourth-order valence-corrected chi connectivity index (χ4v) is 3.71. The second-order valence-electron chi connectivity index (χ2n) is 7.18. The van der Waals surface area contributed by atoms with E-state index in [1.165, 1.54) is 16.5 Å². The maximum absolute atomic E-state index is 12.3. The van der Waals surface area contributed by atoms with Crippen molar-refractivity contribution >= 4 is 23.4 Å². The van der Waals surface area contributed by atoms with E-state index >= 15 is 0 Å². The molecule has 0 aliphatic carbocycles. The molecule has 2 amide bonds. The van der Waals surface area contributed by atoms with E-state index in [2.05, 4.69) is 47.7 Å². The number of hydrogen-bond acceptors (Lipinski definition) is 3. The Morgan fingerprint density at radius 2 is 1.83 bits per heavy atom. The monoisotopic (exact) mass is 393 g/mol. The summed E-state index contributed by atoms with van der Waals surface area (Å²) in [5, 5.41) is 1.28. The number of amides is 2. The smallest absolute Gasteiger partial charge is 0.410 e. The SMILES string of the molecule is Cc1ccc2ccn(C3CCN(C(=O)OCc4ccccc4)CC3)c2c1.NC=O. The van der Waals surface area contributed by atoms with Crippen LogP contribution in [-0.2, 0) is 16.1 Å². The van der Waals surface area contributed by atoms with Crippen LogP contribution in [0.25, 0.3) is 10.9 Å². The fourth-order valence-electron chi connectivity index (χ4n) is 3.71. The van der Waals surface area contributed by atoms with Gasteiger partial charge in [0.15, 0.2) is 0 Å². The van der Waals surface area contributed by atoms with Gasteiger partial charge in [0.05, 0.1) is 0 Å². The number of aromatic nitrogens is 1. The first kappa shape index (κ1) is 20.5. The molecular weight excluding hydrogens is 366 g/mol. The summed E-state index contributed by atoms with van der Waals surface area (Å²) in [6.07, 6.45) is 4.13. The zero-order chi connectivity index (χ0) is 20.6. The molecule has 1 saturated heterocycles. The molecule has 29 heavy (non-hydrogen) atoms. The number of ether oxygens (including phenoxy) is 1.